The predicted molar refractivity (Wildman–Crippen MR) is 90.4 cm³/mol. The number of para-hydroxylation sites is 1. The first-order valence-electron chi connectivity index (χ1n) is 7.75. The molecule has 0 saturated carbocycles. The van der Waals surface area contributed by atoms with Crippen LogP contribution in [0.5, 0.6) is 0 Å². The zero-order valence-corrected chi connectivity index (χ0v) is 13.5. The van der Waals surface area contributed by atoms with Crippen molar-refractivity contribution >= 4 is 27.7 Å². The minimum Gasteiger partial charge on any atom is -0.352 e. The Kier molecular flexibility index (Phi) is 3.90. The first-order chi connectivity index (χ1) is 11.0. The number of rotatable bonds is 4. The SMILES string of the molecule is CC[C@@H](C)NC(=O)Cn1c2ccccc2c2cnn(C)c(=O)c21. The number of hydrogen-bond donors (Lipinski definition) is 1. The third-order valence-electron chi connectivity index (χ3n) is 4.19. The summed E-state index contributed by atoms with van der Waals surface area (Å²) in [6, 6.07) is 7.80. The van der Waals surface area contributed by atoms with Gasteiger partial charge in [0.05, 0.1) is 6.20 Å². The fraction of sp³-hybridized carbons (Fsp3) is 0.353. The molecule has 6 heteroatoms. The highest BCUT2D eigenvalue weighted by Crippen LogP contribution is 2.25. The van der Waals surface area contributed by atoms with E-state index in [0.717, 1.165) is 22.7 Å². The van der Waals surface area contributed by atoms with Crippen molar-refractivity contribution in [3.8, 4) is 0 Å². The smallest absolute Gasteiger partial charge is 0.291 e. The van der Waals surface area contributed by atoms with Crippen molar-refractivity contribution in [2.45, 2.75) is 32.9 Å². The molecule has 0 bridgehead atoms. The summed E-state index contributed by atoms with van der Waals surface area (Å²) in [6.07, 6.45) is 2.55. The van der Waals surface area contributed by atoms with E-state index in [9.17, 15) is 9.59 Å². The number of benzene rings is 1. The largest absolute Gasteiger partial charge is 0.352 e. The second-order valence-corrected chi connectivity index (χ2v) is 5.82. The second-order valence-electron chi connectivity index (χ2n) is 5.82. The van der Waals surface area contributed by atoms with Gasteiger partial charge in [-0.05, 0) is 19.4 Å². The topological polar surface area (TPSA) is 68.9 Å². The number of hydrogen-bond acceptors (Lipinski definition) is 3. The molecule has 1 aromatic carbocycles. The highest BCUT2D eigenvalue weighted by Gasteiger charge is 2.17. The molecule has 0 fully saturated rings. The highest BCUT2D eigenvalue weighted by molar-refractivity contribution is 6.07. The van der Waals surface area contributed by atoms with Crippen molar-refractivity contribution in [2.24, 2.45) is 7.05 Å². The van der Waals surface area contributed by atoms with E-state index < -0.39 is 0 Å². The van der Waals surface area contributed by atoms with Crippen LogP contribution in [0.2, 0.25) is 0 Å². The minimum atomic E-state index is -0.199. The standard InChI is InChI=1S/C17H20N4O2/c1-4-11(2)19-15(22)10-21-14-8-6-5-7-12(14)13-9-18-20(3)17(23)16(13)21/h5-9,11H,4,10H2,1-3H3,(H,19,22)/t11-/m1/s1. The molecule has 0 aliphatic carbocycles. The van der Waals surface area contributed by atoms with Crippen LogP contribution in [0.25, 0.3) is 21.8 Å². The van der Waals surface area contributed by atoms with Gasteiger partial charge in [-0.3, -0.25) is 9.59 Å². The van der Waals surface area contributed by atoms with Gasteiger partial charge in [0.2, 0.25) is 5.91 Å². The van der Waals surface area contributed by atoms with Gasteiger partial charge < -0.3 is 9.88 Å². The molecule has 0 aliphatic heterocycles. The number of fused-ring (bicyclic) bond motifs is 3. The molecule has 1 atom stereocenters. The van der Waals surface area contributed by atoms with Crippen LogP contribution >= 0.6 is 0 Å². The number of carbonyl (C=O) groups is 1. The van der Waals surface area contributed by atoms with Gasteiger partial charge in [-0.25, -0.2) is 4.68 Å². The van der Waals surface area contributed by atoms with Gasteiger partial charge in [0.15, 0.2) is 0 Å². The van der Waals surface area contributed by atoms with Gasteiger partial charge >= 0.3 is 0 Å². The van der Waals surface area contributed by atoms with Gasteiger partial charge in [-0.15, -0.1) is 0 Å². The Labute approximate surface area is 133 Å². The molecular weight excluding hydrogens is 292 g/mol. The van der Waals surface area contributed by atoms with E-state index in [-0.39, 0.29) is 24.1 Å². The number of aryl methyl sites for hydroxylation is 1. The van der Waals surface area contributed by atoms with Gasteiger partial charge in [-0.2, -0.15) is 5.10 Å². The lowest BCUT2D eigenvalue weighted by Gasteiger charge is -2.13. The molecule has 1 amide bonds. The van der Waals surface area contributed by atoms with Crippen molar-refractivity contribution in [1.29, 1.82) is 0 Å². The average molecular weight is 312 g/mol. The summed E-state index contributed by atoms with van der Waals surface area (Å²) in [7, 11) is 1.61. The highest BCUT2D eigenvalue weighted by atomic mass is 16.2. The maximum Gasteiger partial charge on any atom is 0.291 e. The lowest BCUT2D eigenvalue weighted by atomic mass is 10.2. The Balaban J connectivity index is 2.19. The first-order valence-corrected chi connectivity index (χ1v) is 7.75. The number of aromatic nitrogens is 3. The third kappa shape index (κ3) is 2.60. The molecule has 0 unspecified atom stereocenters. The molecule has 0 aliphatic rings. The Morgan fingerprint density at radius 3 is 2.78 bits per heavy atom. The van der Waals surface area contributed by atoms with Crippen LogP contribution in [0.4, 0.5) is 0 Å². The Hall–Kier alpha value is -2.63. The van der Waals surface area contributed by atoms with Crippen molar-refractivity contribution in [2.75, 3.05) is 0 Å². The van der Waals surface area contributed by atoms with Crippen LogP contribution in [0.1, 0.15) is 20.3 Å². The molecule has 120 valence electrons. The molecule has 0 radical (unpaired) electrons. The Morgan fingerprint density at radius 1 is 1.30 bits per heavy atom. The third-order valence-corrected chi connectivity index (χ3v) is 4.19. The zero-order valence-electron chi connectivity index (χ0n) is 13.5. The molecule has 3 aromatic rings. The summed E-state index contributed by atoms with van der Waals surface area (Å²) < 4.78 is 3.08. The summed E-state index contributed by atoms with van der Waals surface area (Å²) in [6.45, 7) is 4.10. The quantitative estimate of drug-likeness (QED) is 0.799. The van der Waals surface area contributed by atoms with E-state index in [4.69, 9.17) is 0 Å². The summed E-state index contributed by atoms with van der Waals surface area (Å²) >= 11 is 0. The van der Waals surface area contributed by atoms with Crippen LogP contribution in [-0.4, -0.2) is 26.3 Å². The van der Waals surface area contributed by atoms with Gasteiger partial charge in [0.25, 0.3) is 5.56 Å². The van der Waals surface area contributed by atoms with Crippen LogP contribution in [0, 0.1) is 0 Å². The summed E-state index contributed by atoms with van der Waals surface area (Å²) in [5.74, 6) is -0.0964. The molecule has 0 saturated heterocycles. The van der Waals surface area contributed by atoms with Crippen LogP contribution < -0.4 is 10.9 Å². The molecule has 0 spiro atoms. The number of carbonyl (C=O) groups excluding carboxylic acids is 1. The number of nitrogens with zero attached hydrogens (tertiary/aromatic N) is 3. The fourth-order valence-electron chi connectivity index (χ4n) is 2.77. The maximum atomic E-state index is 12.5. The van der Waals surface area contributed by atoms with E-state index >= 15 is 0 Å². The van der Waals surface area contributed by atoms with Crippen LogP contribution in [0.15, 0.2) is 35.3 Å². The van der Waals surface area contributed by atoms with Gasteiger partial charge in [0.1, 0.15) is 12.1 Å². The van der Waals surface area contributed by atoms with Crippen molar-refractivity contribution in [1.82, 2.24) is 19.7 Å². The normalized spacial score (nSPS) is 12.7. The summed E-state index contributed by atoms with van der Waals surface area (Å²) in [5.41, 5.74) is 1.19. The van der Waals surface area contributed by atoms with Crippen LogP contribution in [-0.2, 0) is 18.4 Å². The summed E-state index contributed by atoms with van der Waals surface area (Å²) in [5, 5.41) is 8.76. The molecule has 23 heavy (non-hydrogen) atoms. The molecule has 3 rings (SSSR count). The van der Waals surface area contributed by atoms with Gasteiger partial charge in [-0.1, -0.05) is 25.1 Å². The van der Waals surface area contributed by atoms with E-state index in [0.29, 0.717) is 5.52 Å². The predicted octanol–water partition coefficient (Wildman–Crippen LogP) is 1.80. The van der Waals surface area contributed by atoms with E-state index in [1.165, 1.54) is 4.68 Å². The molecule has 6 nitrogen and oxygen atoms in total. The molecule has 2 aromatic heterocycles. The Morgan fingerprint density at radius 2 is 2.04 bits per heavy atom. The van der Waals surface area contributed by atoms with Crippen LogP contribution in [0.3, 0.4) is 0 Å². The number of nitrogens with one attached hydrogen (secondary N) is 1. The monoisotopic (exact) mass is 312 g/mol. The zero-order chi connectivity index (χ0) is 16.6. The van der Waals surface area contributed by atoms with E-state index in [1.807, 2.05) is 38.1 Å². The van der Waals surface area contributed by atoms with Crippen molar-refractivity contribution < 1.29 is 4.79 Å². The minimum absolute atomic E-state index is 0.0964. The number of amides is 1. The second kappa shape index (κ2) is 5.87. The lowest BCUT2D eigenvalue weighted by Crippen LogP contribution is -2.35. The van der Waals surface area contributed by atoms with E-state index in [1.54, 1.807) is 17.8 Å². The lowest BCUT2D eigenvalue weighted by molar-refractivity contribution is -0.122. The fourth-order valence-corrected chi connectivity index (χ4v) is 2.77. The van der Waals surface area contributed by atoms with E-state index in [2.05, 4.69) is 10.4 Å². The molecule has 2 heterocycles. The Bertz CT molecular complexity index is 939. The van der Waals surface area contributed by atoms with Crippen molar-refractivity contribution in [3.63, 3.8) is 0 Å². The maximum absolute atomic E-state index is 12.5. The summed E-state index contributed by atoms with van der Waals surface area (Å²) in [4.78, 5) is 24.8. The average Bonchev–Trinajstić information content (AvgIpc) is 2.85. The first kappa shape index (κ1) is 15.3. The van der Waals surface area contributed by atoms with Crippen molar-refractivity contribution in [3.05, 3.63) is 40.8 Å². The van der Waals surface area contributed by atoms with Gasteiger partial charge in [0, 0.05) is 29.4 Å². The molecule has 1 N–H and O–H groups in total. The molecular formula is C17H20N4O2.